The van der Waals surface area contributed by atoms with Crippen molar-refractivity contribution in [1.29, 1.82) is 0 Å². The number of Topliss-reactive ketones (excluding diaryl/α,β-unsaturated/α-hetero) is 1. The Kier molecular flexibility index (Phi) is 8.17. The summed E-state index contributed by atoms with van der Waals surface area (Å²) in [5, 5.41) is 3.20. The van der Waals surface area contributed by atoms with Gasteiger partial charge < -0.3 is 14.2 Å². The fourth-order valence-electron chi connectivity index (χ4n) is 3.28. The fraction of sp³-hybridized carbons (Fsp3) is 0.909. The van der Waals surface area contributed by atoms with E-state index in [4.69, 9.17) is 8.85 Å². The topological polar surface area (TPSA) is 64.6 Å². The molecular weight excluding hydrogens is 398 g/mol. The van der Waals surface area contributed by atoms with Gasteiger partial charge in [0, 0.05) is 12.5 Å². The summed E-state index contributed by atoms with van der Waals surface area (Å²) in [5.74, 6) is -0.394. The summed E-state index contributed by atoms with van der Waals surface area (Å²) < 4.78 is 12.8. The lowest BCUT2D eigenvalue weighted by atomic mass is 9.75. The Bertz CT molecular complexity index is 605. The largest absolute Gasteiger partial charge is 0.417 e. The Labute approximate surface area is 181 Å². The highest BCUT2D eigenvalue weighted by Gasteiger charge is 2.51. The van der Waals surface area contributed by atoms with Crippen LogP contribution in [0.25, 0.3) is 0 Å². The van der Waals surface area contributed by atoms with Crippen LogP contribution in [0.15, 0.2) is 0 Å². The normalized spacial score (nSPS) is 23.2. The van der Waals surface area contributed by atoms with Gasteiger partial charge in [-0.1, -0.05) is 41.5 Å². The summed E-state index contributed by atoms with van der Waals surface area (Å²) in [5.41, 5.74) is 0. The van der Waals surface area contributed by atoms with Crippen LogP contribution in [0.1, 0.15) is 61.8 Å². The van der Waals surface area contributed by atoms with Crippen LogP contribution >= 0.6 is 0 Å². The summed E-state index contributed by atoms with van der Waals surface area (Å²) in [6.07, 6.45) is 0.439. The third-order valence-corrected chi connectivity index (χ3v) is 16.6. The lowest BCUT2D eigenvalue weighted by Crippen LogP contribution is -2.67. The second-order valence-electron chi connectivity index (χ2n) is 11.8. The molecule has 1 amide bonds. The zero-order valence-corrected chi connectivity index (χ0v) is 22.9. The molecule has 0 aromatic heterocycles. The molecule has 0 aliphatic carbocycles. The Morgan fingerprint density at radius 2 is 1.52 bits per heavy atom. The number of ketones is 1. The predicted octanol–water partition coefficient (Wildman–Crippen LogP) is 5.13. The monoisotopic (exact) mass is 443 g/mol. The molecule has 1 N–H and O–H groups in total. The standard InChI is InChI=1S/C22H45NO4Si2/c1-15(24)17(13-14-26-28(9,10)21(3,4)5)19-18(20(25)23-19)16(2)27-29(11,12)22(6,7)8/h16-19H,13-14H2,1-12H3,(H,23,25)/t16-,17-,18-,19+/m1/s1. The van der Waals surface area contributed by atoms with E-state index in [1.807, 2.05) is 6.92 Å². The van der Waals surface area contributed by atoms with Gasteiger partial charge >= 0.3 is 0 Å². The van der Waals surface area contributed by atoms with Crippen molar-refractivity contribution in [1.82, 2.24) is 5.32 Å². The van der Waals surface area contributed by atoms with Crippen molar-refractivity contribution in [3.8, 4) is 0 Å². The van der Waals surface area contributed by atoms with Crippen molar-refractivity contribution in [2.24, 2.45) is 11.8 Å². The first kappa shape index (κ1) is 26.5. The molecule has 7 heteroatoms. The number of hydrogen-bond acceptors (Lipinski definition) is 4. The van der Waals surface area contributed by atoms with Crippen LogP contribution in [0.3, 0.4) is 0 Å². The van der Waals surface area contributed by atoms with Gasteiger partial charge in [-0.05, 0) is 56.5 Å². The molecule has 0 spiro atoms. The average Bonchev–Trinajstić information content (AvgIpc) is 2.46. The maximum Gasteiger partial charge on any atom is 0.228 e. The molecule has 0 saturated carbocycles. The molecule has 1 aliphatic rings. The summed E-state index contributed by atoms with van der Waals surface area (Å²) in [6, 6.07) is -0.164. The van der Waals surface area contributed by atoms with Crippen LogP contribution in [0, 0.1) is 11.8 Å². The van der Waals surface area contributed by atoms with E-state index in [2.05, 4.69) is 73.0 Å². The molecule has 1 heterocycles. The van der Waals surface area contributed by atoms with Gasteiger partial charge in [-0.3, -0.25) is 9.59 Å². The van der Waals surface area contributed by atoms with E-state index in [1.165, 1.54) is 0 Å². The molecule has 0 aromatic rings. The zero-order valence-electron chi connectivity index (χ0n) is 20.9. The third-order valence-electron chi connectivity index (χ3n) is 7.44. The highest BCUT2D eigenvalue weighted by molar-refractivity contribution is 6.74. The molecule has 0 bridgehead atoms. The third kappa shape index (κ3) is 6.24. The van der Waals surface area contributed by atoms with E-state index < -0.39 is 16.6 Å². The molecule has 29 heavy (non-hydrogen) atoms. The van der Waals surface area contributed by atoms with E-state index >= 15 is 0 Å². The highest BCUT2D eigenvalue weighted by Crippen LogP contribution is 2.40. The first-order valence-electron chi connectivity index (χ1n) is 10.9. The summed E-state index contributed by atoms with van der Waals surface area (Å²) in [6.45, 7) is 26.2. The maximum absolute atomic E-state index is 12.4. The molecule has 0 unspecified atom stereocenters. The number of β-lactam (4-membered cyclic amide) rings is 1. The van der Waals surface area contributed by atoms with Gasteiger partial charge in [-0.25, -0.2) is 0 Å². The Morgan fingerprint density at radius 1 is 1.03 bits per heavy atom. The second kappa shape index (κ2) is 8.93. The van der Waals surface area contributed by atoms with Gasteiger partial charge in [0.1, 0.15) is 5.78 Å². The minimum absolute atomic E-state index is 0.00206. The first-order valence-corrected chi connectivity index (χ1v) is 16.8. The predicted molar refractivity (Wildman–Crippen MR) is 125 cm³/mol. The SMILES string of the molecule is CC(=O)[C@@H](CCO[Si](C)(C)C(C)(C)C)[C@@H]1NC(=O)[C@@H]1[C@@H](C)O[Si](C)(C)C(C)(C)C. The van der Waals surface area contributed by atoms with Crippen molar-refractivity contribution in [3.63, 3.8) is 0 Å². The molecule has 4 atom stereocenters. The Balaban J connectivity index is 2.84. The van der Waals surface area contributed by atoms with Gasteiger partial charge in [-0.15, -0.1) is 0 Å². The van der Waals surface area contributed by atoms with Crippen molar-refractivity contribution in [3.05, 3.63) is 0 Å². The maximum atomic E-state index is 12.4. The lowest BCUT2D eigenvalue weighted by Gasteiger charge is -2.47. The lowest BCUT2D eigenvalue weighted by molar-refractivity contribution is -0.144. The molecule has 1 fully saturated rings. The molecule has 170 valence electrons. The van der Waals surface area contributed by atoms with E-state index in [-0.39, 0.29) is 45.7 Å². The molecule has 0 radical (unpaired) electrons. The van der Waals surface area contributed by atoms with Gasteiger partial charge in [0.15, 0.2) is 16.6 Å². The number of carbonyl (C=O) groups excluding carboxylic acids is 2. The quantitative estimate of drug-likeness (QED) is 0.396. The van der Waals surface area contributed by atoms with E-state index in [1.54, 1.807) is 6.92 Å². The summed E-state index contributed by atoms with van der Waals surface area (Å²) in [7, 11) is -3.85. The number of nitrogens with one attached hydrogen (secondary N) is 1. The van der Waals surface area contributed by atoms with Gasteiger partial charge in [0.05, 0.1) is 18.1 Å². The number of hydrogen-bond donors (Lipinski definition) is 1. The Morgan fingerprint density at radius 3 is 1.90 bits per heavy atom. The van der Waals surface area contributed by atoms with E-state index in [9.17, 15) is 9.59 Å². The van der Waals surface area contributed by atoms with Crippen LogP contribution in [-0.2, 0) is 18.4 Å². The van der Waals surface area contributed by atoms with Gasteiger partial charge in [-0.2, -0.15) is 0 Å². The molecule has 1 saturated heterocycles. The van der Waals surface area contributed by atoms with Crippen LogP contribution in [0.5, 0.6) is 0 Å². The molecule has 1 aliphatic heterocycles. The van der Waals surface area contributed by atoms with Crippen molar-refractivity contribution >= 4 is 28.3 Å². The molecule has 0 aromatic carbocycles. The van der Waals surface area contributed by atoms with Crippen LogP contribution in [-0.4, -0.2) is 47.1 Å². The van der Waals surface area contributed by atoms with Crippen LogP contribution in [0.2, 0.25) is 36.3 Å². The Hall–Kier alpha value is -0.506. The number of amides is 1. The van der Waals surface area contributed by atoms with E-state index in [0.717, 1.165) is 0 Å². The number of carbonyl (C=O) groups is 2. The average molecular weight is 444 g/mol. The van der Waals surface area contributed by atoms with Crippen molar-refractivity contribution < 1.29 is 18.4 Å². The summed E-state index contributed by atoms with van der Waals surface area (Å²) >= 11 is 0. The molecule has 5 nitrogen and oxygen atoms in total. The second-order valence-corrected chi connectivity index (χ2v) is 21.3. The van der Waals surface area contributed by atoms with Crippen LogP contribution < -0.4 is 5.32 Å². The minimum Gasteiger partial charge on any atom is -0.417 e. The van der Waals surface area contributed by atoms with E-state index in [0.29, 0.717) is 13.0 Å². The zero-order chi connectivity index (χ0) is 23.0. The smallest absolute Gasteiger partial charge is 0.228 e. The number of rotatable bonds is 9. The minimum atomic E-state index is -1.99. The fourth-order valence-corrected chi connectivity index (χ4v) is 5.77. The van der Waals surface area contributed by atoms with Crippen molar-refractivity contribution in [2.75, 3.05) is 6.61 Å². The van der Waals surface area contributed by atoms with Gasteiger partial charge in [0.25, 0.3) is 0 Å². The van der Waals surface area contributed by atoms with Gasteiger partial charge in [0.2, 0.25) is 5.91 Å². The van der Waals surface area contributed by atoms with Crippen molar-refractivity contribution in [2.45, 2.75) is 110 Å². The van der Waals surface area contributed by atoms with Crippen LogP contribution in [0.4, 0.5) is 0 Å². The summed E-state index contributed by atoms with van der Waals surface area (Å²) in [4.78, 5) is 24.8. The highest BCUT2D eigenvalue weighted by atomic mass is 28.4. The molecule has 1 rings (SSSR count). The molecular formula is C22H45NO4Si2. The first-order chi connectivity index (χ1) is 12.8.